The summed E-state index contributed by atoms with van der Waals surface area (Å²) in [6.45, 7) is 20.0. The van der Waals surface area contributed by atoms with Gasteiger partial charge in [0.2, 0.25) is 0 Å². The summed E-state index contributed by atoms with van der Waals surface area (Å²) in [5.74, 6) is 0. The van der Waals surface area contributed by atoms with Crippen LogP contribution in [0.5, 0.6) is 0 Å². The van der Waals surface area contributed by atoms with Gasteiger partial charge in [-0.05, 0) is 0 Å². The third-order valence-corrected chi connectivity index (χ3v) is 0. The maximum atomic E-state index is 7.33. The molecule has 96 valence electrons. The molecular weight excluding hydrogens is 450 g/mol. The smallest absolute Gasteiger partial charge is 0.368 e. The Labute approximate surface area is 160 Å². The zero-order valence-electron chi connectivity index (χ0n) is 11.9. The van der Waals surface area contributed by atoms with E-state index in [1.165, 1.54) is 0 Å². The normalized spacial score (nSPS) is 4.94. The summed E-state index contributed by atoms with van der Waals surface area (Å²) < 4.78 is 0. The van der Waals surface area contributed by atoms with Crippen molar-refractivity contribution in [2.45, 2.75) is 27.7 Å². The average molecular weight is 474 g/mol. The first-order chi connectivity index (χ1) is 6.00. The van der Waals surface area contributed by atoms with Gasteiger partial charge in [-0.25, -0.2) is 0 Å². The van der Waals surface area contributed by atoms with Gasteiger partial charge < -0.3 is 46.9 Å². The van der Waals surface area contributed by atoms with Gasteiger partial charge in [-0.3, -0.25) is 0 Å². The first kappa shape index (κ1) is 60.4. The van der Waals surface area contributed by atoms with Crippen molar-refractivity contribution in [3.8, 4) is 0 Å². The van der Waals surface area contributed by atoms with E-state index in [2.05, 4.69) is 27.7 Å². The summed E-state index contributed by atoms with van der Waals surface area (Å²) >= 11 is 0. The van der Waals surface area contributed by atoms with Crippen LogP contribution in [0.25, 0.3) is 0 Å². The van der Waals surface area contributed by atoms with Gasteiger partial charge in [0, 0.05) is 77.9 Å². The summed E-state index contributed by atoms with van der Waals surface area (Å²) in [6.07, 6.45) is 0. The molecular formula is C8H24O4SiZn4-4. The molecule has 0 aromatic heterocycles. The predicted molar refractivity (Wildman–Crippen MR) is 58.8 cm³/mol. The summed E-state index contributed by atoms with van der Waals surface area (Å²) in [6, 6.07) is 0. The third-order valence-electron chi connectivity index (χ3n) is 0. The molecule has 0 rings (SSSR count). The molecule has 0 fully saturated rings. The van der Waals surface area contributed by atoms with Crippen LogP contribution in [-0.2, 0) is 77.9 Å². The second kappa shape index (κ2) is 78.2. The molecule has 0 spiro atoms. The van der Waals surface area contributed by atoms with E-state index < -0.39 is 9.05 Å². The fourth-order valence-corrected chi connectivity index (χ4v) is 0. The summed E-state index contributed by atoms with van der Waals surface area (Å²) in [4.78, 5) is 29.3. The second-order valence-corrected chi connectivity index (χ2v) is 1.80. The van der Waals surface area contributed by atoms with Crippen molar-refractivity contribution in [2.24, 2.45) is 0 Å². The summed E-state index contributed by atoms with van der Waals surface area (Å²) in [7, 11) is -4.61. The van der Waals surface area contributed by atoms with Gasteiger partial charge in [-0.2, -0.15) is 27.7 Å². The first-order valence-corrected chi connectivity index (χ1v) is 5.51. The van der Waals surface area contributed by atoms with Gasteiger partial charge in [-0.1, -0.05) is 0 Å². The van der Waals surface area contributed by atoms with E-state index in [0.29, 0.717) is 0 Å². The molecule has 0 aromatic rings. The Bertz CT molecular complexity index is 45.0. The Morgan fingerprint density at radius 3 is 0.471 bits per heavy atom. The summed E-state index contributed by atoms with van der Waals surface area (Å²) in [5.41, 5.74) is 0. The molecule has 0 atom stereocenters. The first-order valence-electron chi connectivity index (χ1n) is 3.72. The fourth-order valence-electron chi connectivity index (χ4n) is 0. The van der Waals surface area contributed by atoms with E-state index in [9.17, 15) is 0 Å². The van der Waals surface area contributed by atoms with E-state index in [1.54, 1.807) is 27.7 Å². The largest absolute Gasteiger partial charge is 0.668 e. The molecule has 0 heterocycles. The molecule has 0 saturated carbocycles. The molecule has 0 aromatic carbocycles. The second-order valence-electron chi connectivity index (χ2n) is 0.600. The monoisotopic (exact) mass is 468 g/mol. The molecule has 9 heteroatoms. The van der Waals surface area contributed by atoms with Gasteiger partial charge in [0.1, 0.15) is 0 Å². The Hall–Kier alpha value is 2.55. The van der Waals surface area contributed by atoms with Crippen LogP contribution in [0.15, 0.2) is 0 Å². The molecule has 4 nitrogen and oxygen atoms in total. The number of hydrogen-bond acceptors (Lipinski definition) is 4. The molecule has 0 bridgehead atoms. The van der Waals surface area contributed by atoms with Crippen molar-refractivity contribution >= 4 is 9.05 Å². The molecule has 4 N–H and O–H groups in total. The van der Waals surface area contributed by atoms with Gasteiger partial charge >= 0.3 is 9.05 Å². The van der Waals surface area contributed by atoms with Crippen molar-refractivity contribution in [1.82, 2.24) is 0 Å². The van der Waals surface area contributed by atoms with Crippen LogP contribution in [0.3, 0.4) is 0 Å². The molecule has 0 aliphatic carbocycles. The van der Waals surface area contributed by atoms with Gasteiger partial charge in [0.25, 0.3) is 0 Å². The average Bonchev–Trinajstić information content (AvgIpc) is 2.14. The van der Waals surface area contributed by atoms with Crippen LogP contribution < -0.4 is 0 Å². The van der Waals surface area contributed by atoms with E-state index in [4.69, 9.17) is 19.2 Å². The standard InChI is InChI=1S/4C2H5.H4O4Si.4Zn/c4*1-2;1-5(2,3)4;;;;/h4*1H2,2H3;1-4H;;;;/q4*-1;;;;;. The van der Waals surface area contributed by atoms with Crippen molar-refractivity contribution in [2.75, 3.05) is 0 Å². The SMILES string of the molecule is O[Si](O)(O)O.[CH2-]C.[CH2-]C.[CH2-]C.[CH2-]C.[Zn].[Zn].[Zn].[Zn]. The number of rotatable bonds is 0. The van der Waals surface area contributed by atoms with Crippen LogP contribution in [0, 0.1) is 27.7 Å². The molecule has 0 amide bonds. The zero-order valence-corrected chi connectivity index (χ0v) is 24.8. The third kappa shape index (κ3) is 781. The van der Waals surface area contributed by atoms with Crippen molar-refractivity contribution in [1.29, 1.82) is 0 Å². The van der Waals surface area contributed by atoms with Crippen LogP contribution in [0.4, 0.5) is 0 Å². The summed E-state index contributed by atoms with van der Waals surface area (Å²) in [5, 5.41) is 0. The predicted octanol–water partition coefficient (Wildman–Crippen LogP) is 0.743. The van der Waals surface area contributed by atoms with Crippen molar-refractivity contribution < 1.29 is 97.1 Å². The van der Waals surface area contributed by atoms with Gasteiger partial charge in [-0.15, -0.1) is 0 Å². The molecule has 0 aliphatic heterocycles. The van der Waals surface area contributed by atoms with E-state index >= 15 is 0 Å². The quantitative estimate of drug-likeness (QED) is 0.309. The Morgan fingerprint density at radius 2 is 0.471 bits per heavy atom. The molecule has 0 radical (unpaired) electrons. The van der Waals surface area contributed by atoms with Gasteiger partial charge in [0.15, 0.2) is 0 Å². The number of hydrogen-bond donors (Lipinski definition) is 4. The van der Waals surface area contributed by atoms with Crippen LogP contribution in [-0.4, -0.2) is 28.2 Å². The van der Waals surface area contributed by atoms with Crippen molar-refractivity contribution in [3.05, 3.63) is 27.7 Å². The minimum atomic E-state index is -4.61. The van der Waals surface area contributed by atoms with E-state index in [1.807, 2.05) is 0 Å². The maximum absolute atomic E-state index is 7.33. The minimum Gasteiger partial charge on any atom is -0.368 e. The van der Waals surface area contributed by atoms with Crippen LogP contribution in [0.1, 0.15) is 27.7 Å². The zero-order chi connectivity index (χ0) is 12.5. The van der Waals surface area contributed by atoms with E-state index in [-0.39, 0.29) is 77.9 Å². The topological polar surface area (TPSA) is 80.9 Å². The van der Waals surface area contributed by atoms with Crippen molar-refractivity contribution in [3.63, 3.8) is 0 Å². The minimum absolute atomic E-state index is 0. The fraction of sp³-hybridized carbons (Fsp3) is 0.500. The maximum Gasteiger partial charge on any atom is 0.668 e. The molecule has 17 heavy (non-hydrogen) atoms. The molecule has 0 aliphatic rings. The Balaban J connectivity index is -0.00000000686. The van der Waals surface area contributed by atoms with Crippen LogP contribution >= 0.6 is 0 Å². The van der Waals surface area contributed by atoms with E-state index in [0.717, 1.165) is 0 Å². The Kier molecular flexibility index (Phi) is 278. The van der Waals surface area contributed by atoms with Crippen LogP contribution in [0.2, 0.25) is 0 Å². The molecule has 0 saturated heterocycles. The molecule has 0 unspecified atom stereocenters. The van der Waals surface area contributed by atoms with Gasteiger partial charge in [0.05, 0.1) is 0 Å². The Morgan fingerprint density at radius 1 is 0.471 bits per heavy atom.